The average molecular weight is 607 g/mol. The van der Waals surface area contributed by atoms with Crippen molar-refractivity contribution in [1.29, 1.82) is 0 Å². The number of piperidine rings is 1. The minimum atomic E-state index is -5.04. The number of hydrogen-bond acceptors (Lipinski definition) is 5. The summed E-state index contributed by atoms with van der Waals surface area (Å²) in [5, 5.41) is 0. The smallest absolute Gasteiger partial charge is 0.416 e. The first kappa shape index (κ1) is 33.1. The molecule has 3 rings (SSSR count). The van der Waals surface area contributed by atoms with E-state index in [1.54, 1.807) is 49.7 Å². The number of amides is 2. The molecule has 2 amide bonds. The second-order valence-corrected chi connectivity index (χ2v) is 11.4. The van der Waals surface area contributed by atoms with E-state index in [1.807, 2.05) is 6.92 Å². The van der Waals surface area contributed by atoms with Gasteiger partial charge in [-0.25, -0.2) is 14.6 Å². The normalized spacial score (nSPS) is 19.9. The molecule has 0 spiro atoms. The molecule has 3 atom stereocenters. The third-order valence-electron chi connectivity index (χ3n) is 7.14. The first-order valence-corrected chi connectivity index (χ1v) is 13.4. The average Bonchev–Trinajstić information content (AvgIpc) is 3.27. The van der Waals surface area contributed by atoms with Crippen molar-refractivity contribution in [3.05, 3.63) is 53.1 Å². The fourth-order valence-electron chi connectivity index (χ4n) is 5.23. The first-order valence-electron chi connectivity index (χ1n) is 13.4. The number of likely N-dealkylation sites (tertiary alicyclic amines) is 1. The zero-order valence-corrected chi connectivity index (χ0v) is 24.3. The number of carbonyl (C=O) groups excluding carboxylic acids is 2. The van der Waals surface area contributed by atoms with Crippen molar-refractivity contribution in [2.75, 3.05) is 7.11 Å². The minimum absolute atomic E-state index is 0.0430. The molecular formula is C28H36F6N4O4. The Morgan fingerprint density at radius 2 is 1.57 bits per heavy atom. The van der Waals surface area contributed by atoms with E-state index in [1.165, 1.54) is 0 Å². The van der Waals surface area contributed by atoms with E-state index in [0.717, 1.165) is 12.0 Å². The Morgan fingerprint density at radius 3 is 2.02 bits per heavy atom. The number of benzene rings is 1. The number of hydrogen-bond donors (Lipinski definition) is 0. The van der Waals surface area contributed by atoms with Crippen molar-refractivity contribution in [3.63, 3.8) is 0 Å². The summed E-state index contributed by atoms with van der Waals surface area (Å²) >= 11 is 0. The standard InChI is InChI=1S/C28H36F6N4O4/c1-7-20-13-21(14-22(15-23-35-8-9-36(23)5)38(20)25(40)42-26(2,3)4)37(24(39)41-6)16-17-10-18(27(29,30)31)12-19(11-17)28(32,33)34/h8-12,20-22H,7,13-16H2,1-6H3. The molecule has 14 heteroatoms. The van der Waals surface area contributed by atoms with Crippen LogP contribution in [0.15, 0.2) is 30.6 Å². The van der Waals surface area contributed by atoms with E-state index in [2.05, 4.69) is 4.98 Å². The molecule has 0 aliphatic carbocycles. The maximum Gasteiger partial charge on any atom is 0.416 e. The van der Waals surface area contributed by atoms with Gasteiger partial charge in [0.15, 0.2) is 0 Å². The topological polar surface area (TPSA) is 76.9 Å². The molecule has 1 aromatic carbocycles. The molecule has 8 nitrogen and oxygen atoms in total. The molecule has 234 valence electrons. The molecule has 2 aromatic rings. The lowest BCUT2D eigenvalue weighted by atomic mass is 9.87. The van der Waals surface area contributed by atoms with Gasteiger partial charge in [0.2, 0.25) is 0 Å². The summed E-state index contributed by atoms with van der Waals surface area (Å²) in [7, 11) is 2.87. The molecule has 0 radical (unpaired) electrons. The van der Waals surface area contributed by atoms with Crippen LogP contribution >= 0.6 is 0 Å². The highest BCUT2D eigenvalue weighted by atomic mass is 19.4. The molecule has 1 aromatic heterocycles. The summed E-state index contributed by atoms with van der Waals surface area (Å²) < 4.78 is 93.5. The van der Waals surface area contributed by atoms with Gasteiger partial charge < -0.3 is 23.8 Å². The van der Waals surface area contributed by atoms with Crippen LogP contribution in [0.4, 0.5) is 35.9 Å². The number of rotatable bonds is 6. The predicted octanol–water partition coefficient (Wildman–Crippen LogP) is 6.82. The van der Waals surface area contributed by atoms with E-state index >= 15 is 0 Å². The van der Waals surface area contributed by atoms with Crippen LogP contribution in [-0.4, -0.2) is 62.4 Å². The number of carbonyl (C=O) groups is 2. The zero-order chi connectivity index (χ0) is 31.6. The maximum atomic E-state index is 13.5. The highest BCUT2D eigenvalue weighted by molar-refractivity contribution is 5.70. The number of halogens is 6. The Bertz CT molecular complexity index is 1220. The van der Waals surface area contributed by atoms with Gasteiger partial charge >= 0.3 is 24.5 Å². The van der Waals surface area contributed by atoms with Crippen molar-refractivity contribution < 1.29 is 45.4 Å². The number of imidazole rings is 1. The zero-order valence-electron chi connectivity index (χ0n) is 24.3. The fraction of sp³-hybridized carbons (Fsp3) is 0.607. The Kier molecular flexibility index (Phi) is 9.78. The van der Waals surface area contributed by atoms with Gasteiger partial charge in [0.1, 0.15) is 11.4 Å². The first-order chi connectivity index (χ1) is 19.3. The number of nitrogens with zero attached hydrogens (tertiary/aromatic N) is 4. The molecule has 3 unspecified atom stereocenters. The van der Waals surface area contributed by atoms with Crippen molar-refractivity contribution in [2.45, 2.75) is 96.0 Å². The number of aryl methyl sites for hydroxylation is 1. The second-order valence-electron chi connectivity index (χ2n) is 11.4. The van der Waals surface area contributed by atoms with E-state index in [9.17, 15) is 35.9 Å². The van der Waals surface area contributed by atoms with Crippen LogP contribution in [-0.2, 0) is 41.8 Å². The molecule has 1 aliphatic rings. The van der Waals surface area contributed by atoms with E-state index in [0.29, 0.717) is 24.4 Å². The summed E-state index contributed by atoms with van der Waals surface area (Å²) in [5.74, 6) is 0.640. The molecule has 0 N–H and O–H groups in total. The van der Waals surface area contributed by atoms with Gasteiger partial charge in [-0.15, -0.1) is 0 Å². The van der Waals surface area contributed by atoms with Crippen LogP contribution in [0.5, 0.6) is 0 Å². The SMILES string of the molecule is CCC1CC(N(Cc2cc(C(F)(F)F)cc(C(F)(F)F)c2)C(=O)OC)CC(Cc2nccn2C)N1C(=O)OC(C)(C)C. The van der Waals surface area contributed by atoms with Crippen molar-refractivity contribution in [3.8, 4) is 0 Å². The molecule has 2 heterocycles. The van der Waals surface area contributed by atoms with E-state index in [4.69, 9.17) is 9.47 Å². The molecule has 1 aliphatic heterocycles. The van der Waals surface area contributed by atoms with Crippen LogP contribution in [0.1, 0.15) is 69.5 Å². The molecular weight excluding hydrogens is 570 g/mol. The highest BCUT2D eigenvalue weighted by Crippen LogP contribution is 2.38. The van der Waals surface area contributed by atoms with Gasteiger partial charge in [0.05, 0.1) is 18.2 Å². The molecule has 0 bridgehead atoms. The van der Waals surface area contributed by atoms with Crippen LogP contribution in [0, 0.1) is 0 Å². The van der Waals surface area contributed by atoms with Gasteiger partial charge in [0.25, 0.3) is 0 Å². The van der Waals surface area contributed by atoms with Gasteiger partial charge in [-0.05, 0) is 63.8 Å². The van der Waals surface area contributed by atoms with Gasteiger partial charge in [-0.2, -0.15) is 26.3 Å². The lowest BCUT2D eigenvalue weighted by Gasteiger charge is -2.47. The molecule has 0 saturated carbocycles. The number of ether oxygens (including phenoxy) is 2. The van der Waals surface area contributed by atoms with Crippen LogP contribution in [0.2, 0.25) is 0 Å². The van der Waals surface area contributed by atoms with Gasteiger partial charge in [-0.3, -0.25) is 0 Å². The Hall–Kier alpha value is -3.45. The molecule has 1 saturated heterocycles. The Morgan fingerprint density at radius 1 is 1.00 bits per heavy atom. The summed E-state index contributed by atoms with van der Waals surface area (Å²) in [5.41, 5.74) is -4.10. The predicted molar refractivity (Wildman–Crippen MR) is 140 cm³/mol. The maximum absolute atomic E-state index is 13.5. The monoisotopic (exact) mass is 606 g/mol. The summed E-state index contributed by atoms with van der Waals surface area (Å²) in [6.07, 6.45) is -7.15. The third-order valence-corrected chi connectivity index (χ3v) is 7.14. The van der Waals surface area contributed by atoms with Crippen LogP contribution in [0.3, 0.4) is 0 Å². The van der Waals surface area contributed by atoms with E-state index in [-0.39, 0.29) is 30.9 Å². The number of aromatic nitrogens is 2. The lowest BCUT2D eigenvalue weighted by Crippen LogP contribution is -2.59. The Balaban J connectivity index is 2.04. The summed E-state index contributed by atoms with van der Waals surface area (Å²) in [6, 6.07) is -0.447. The van der Waals surface area contributed by atoms with Crippen molar-refractivity contribution >= 4 is 12.2 Å². The number of alkyl halides is 6. The van der Waals surface area contributed by atoms with Crippen molar-refractivity contribution in [1.82, 2.24) is 19.4 Å². The largest absolute Gasteiger partial charge is 0.453 e. The van der Waals surface area contributed by atoms with Crippen molar-refractivity contribution in [2.24, 2.45) is 7.05 Å². The molecule has 1 fully saturated rings. The van der Waals surface area contributed by atoms with Crippen LogP contribution in [0.25, 0.3) is 0 Å². The second kappa shape index (κ2) is 12.4. The Labute approximate surface area is 240 Å². The van der Waals surface area contributed by atoms with Gasteiger partial charge in [0, 0.05) is 50.5 Å². The molecule has 42 heavy (non-hydrogen) atoms. The highest BCUT2D eigenvalue weighted by Gasteiger charge is 2.44. The van der Waals surface area contributed by atoms with Crippen LogP contribution < -0.4 is 0 Å². The quantitative estimate of drug-likeness (QED) is 0.338. The summed E-state index contributed by atoms with van der Waals surface area (Å²) in [6.45, 7) is 6.47. The lowest BCUT2D eigenvalue weighted by molar-refractivity contribution is -0.143. The number of methoxy groups -OCH3 is 1. The third kappa shape index (κ3) is 8.09. The minimum Gasteiger partial charge on any atom is -0.453 e. The van der Waals surface area contributed by atoms with Gasteiger partial charge in [-0.1, -0.05) is 6.92 Å². The fourth-order valence-corrected chi connectivity index (χ4v) is 5.23. The summed E-state index contributed by atoms with van der Waals surface area (Å²) in [4.78, 5) is 33.5. The van der Waals surface area contributed by atoms with E-state index < -0.39 is 65.9 Å².